The minimum absolute atomic E-state index is 0.0754. The molecule has 0 aliphatic carbocycles. The third-order valence-corrected chi connectivity index (χ3v) is 3.14. The predicted octanol–water partition coefficient (Wildman–Crippen LogP) is 1.65. The van der Waals surface area contributed by atoms with Gasteiger partial charge in [-0.05, 0) is 18.6 Å². The van der Waals surface area contributed by atoms with E-state index in [1.165, 1.54) is 0 Å². The number of benzene rings is 1. The lowest BCUT2D eigenvalue weighted by molar-refractivity contribution is 0.0293. The van der Waals surface area contributed by atoms with Crippen molar-refractivity contribution in [2.75, 3.05) is 13.7 Å². The van der Waals surface area contributed by atoms with E-state index in [1.54, 1.807) is 30.2 Å². The van der Waals surface area contributed by atoms with Gasteiger partial charge in [0.15, 0.2) is 6.23 Å². The van der Waals surface area contributed by atoms with E-state index >= 15 is 0 Å². The Hall–Kier alpha value is -1.71. The van der Waals surface area contributed by atoms with Crippen molar-refractivity contribution in [3.63, 3.8) is 0 Å². The van der Waals surface area contributed by atoms with Crippen molar-refractivity contribution in [3.8, 4) is 11.5 Å². The number of hydrogen-bond donors (Lipinski definition) is 0. The standard InChI is InChI=1S/C12H13NO3/c1-15-8-4-5-9-10(7-8)16-11-3-2-6-13(11)12(9)14/h4-5,7,11H,2-3,6H2,1H3/t11-/m1/s1. The highest BCUT2D eigenvalue weighted by molar-refractivity contribution is 5.98. The molecule has 1 aromatic rings. The van der Waals surface area contributed by atoms with E-state index in [0.717, 1.165) is 25.1 Å². The summed E-state index contributed by atoms with van der Waals surface area (Å²) in [4.78, 5) is 13.9. The molecule has 0 aromatic heterocycles. The monoisotopic (exact) mass is 219 g/mol. The maximum atomic E-state index is 12.1. The van der Waals surface area contributed by atoms with Gasteiger partial charge in [-0.3, -0.25) is 4.79 Å². The zero-order valence-electron chi connectivity index (χ0n) is 9.10. The van der Waals surface area contributed by atoms with Crippen LogP contribution in [0.15, 0.2) is 18.2 Å². The van der Waals surface area contributed by atoms with Gasteiger partial charge in [0.25, 0.3) is 5.91 Å². The largest absolute Gasteiger partial charge is 0.497 e. The molecule has 2 aliphatic rings. The van der Waals surface area contributed by atoms with Gasteiger partial charge in [0, 0.05) is 19.0 Å². The second-order valence-electron chi connectivity index (χ2n) is 4.08. The maximum absolute atomic E-state index is 12.1. The van der Waals surface area contributed by atoms with E-state index in [-0.39, 0.29) is 12.1 Å². The Kier molecular flexibility index (Phi) is 2.02. The summed E-state index contributed by atoms with van der Waals surface area (Å²) in [5, 5.41) is 0. The fraction of sp³-hybridized carbons (Fsp3) is 0.417. The summed E-state index contributed by atoms with van der Waals surface area (Å²) in [6.45, 7) is 0.801. The Balaban J connectivity index is 2.03. The SMILES string of the molecule is COc1ccc2c(c1)O[C@@H]1CCCN1C2=O. The van der Waals surface area contributed by atoms with Crippen molar-refractivity contribution in [2.24, 2.45) is 0 Å². The number of carbonyl (C=O) groups is 1. The van der Waals surface area contributed by atoms with Crippen molar-refractivity contribution in [1.82, 2.24) is 4.90 Å². The summed E-state index contributed by atoms with van der Waals surface area (Å²) in [5.41, 5.74) is 0.638. The summed E-state index contributed by atoms with van der Waals surface area (Å²) in [7, 11) is 1.61. The summed E-state index contributed by atoms with van der Waals surface area (Å²) >= 11 is 0. The van der Waals surface area contributed by atoms with Gasteiger partial charge in [0.2, 0.25) is 0 Å². The van der Waals surface area contributed by atoms with Crippen LogP contribution in [0, 0.1) is 0 Å². The molecule has 4 nitrogen and oxygen atoms in total. The van der Waals surface area contributed by atoms with Crippen LogP contribution in [0.2, 0.25) is 0 Å². The molecule has 0 saturated carbocycles. The topological polar surface area (TPSA) is 38.8 Å². The number of hydrogen-bond acceptors (Lipinski definition) is 3. The molecule has 3 rings (SSSR count). The Bertz CT molecular complexity index is 444. The van der Waals surface area contributed by atoms with Crippen molar-refractivity contribution < 1.29 is 14.3 Å². The summed E-state index contributed by atoms with van der Waals surface area (Å²) < 4.78 is 10.9. The maximum Gasteiger partial charge on any atom is 0.260 e. The lowest BCUT2D eigenvalue weighted by Crippen LogP contribution is -2.42. The molecule has 1 aromatic carbocycles. The van der Waals surface area contributed by atoms with Crippen LogP contribution in [0.1, 0.15) is 23.2 Å². The van der Waals surface area contributed by atoms with Crippen LogP contribution in [-0.2, 0) is 0 Å². The zero-order chi connectivity index (χ0) is 11.1. The van der Waals surface area contributed by atoms with Crippen LogP contribution in [0.5, 0.6) is 11.5 Å². The smallest absolute Gasteiger partial charge is 0.260 e. The first-order valence-electron chi connectivity index (χ1n) is 5.45. The van der Waals surface area contributed by atoms with Gasteiger partial charge in [-0.1, -0.05) is 0 Å². The highest BCUT2D eigenvalue weighted by atomic mass is 16.5. The minimum Gasteiger partial charge on any atom is -0.497 e. The highest BCUT2D eigenvalue weighted by Crippen LogP contribution is 2.34. The molecule has 1 saturated heterocycles. The highest BCUT2D eigenvalue weighted by Gasteiger charge is 2.36. The van der Waals surface area contributed by atoms with Crippen LogP contribution >= 0.6 is 0 Å². The average molecular weight is 219 g/mol. The molecular weight excluding hydrogens is 206 g/mol. The van der Waals surface area contributed by atoms with Gasteiger partial charge < -0.3 is 14.4 Å². The number of nitrogens with zero attached hydrogens (tertiary/aromatic N) is 1. The second kappa shape index (κ2) is 3.40. The summed E-state index contributed by atoms with van der Waals surface area (Å²) in [6.07, 6.45) is 1.86. The molecule has 2 aliphatic heterocycles. The van der Waals surface area contributed by atoms with E-state index < -0.39 is 0 Å². The molecule has 1 amide bonds. The molecule has 0 bridgehead atoms. The lowest BCUT2D eigenvalue weighted by atomic mass is 10.1. The number of fused-ring (bicyclic) bond motifs is 2. The third kappa shape index (κ3) is 1.26. The third-order valence-electron chi connectivity index (χ3n) is 3.14. The summed E-state index contributed by atoms with van der Waals surface area (Å²) in [6, 6.07) is 5.34. The van der Waals surface area contributed by atoms with Gasteiger partial charge in [-0.25, -0.2) is 0 Å². The Morgan fingerprint density at radius 1 is 1.50 bits per heavy atom. The first kappa shape index (κ1) is 9.51. The fourth-order valence-electron chi connectivity index (χ4n) is 2.30. The molecule has 1 atom stereocenters. The fourth-order valence-corrected chi connectivity index (χ4v) is 2.30. The minimum atomic E-state index is -0.0768. The number of amides is 1. The first-order valence-corrected chi connectivity index (χ1v) is 5.45. The van der Waals surface area contributed by atoms with E-state index in [0.29, 0.717) is 11.3 Å². The van der Waals surface area contributed by atoms with Gasteiger partial charge >= 0.3 is 0 Å². The summed E-state index contributed by atoms with van der Waals surface area (Å²) in [5.74, 6) is 1.44. The molecule has 16 heavy (non-hydrogen) atoms. The van der Waals surface area contributed by atoms with Gasteiger partial charge in [0.1, 0.15) is 11.5 Å². The molecule has 84 valence electrons. The van der Waals surface area contributed by atoms with Gasteiger partial charge in [0.05, 0.1) is 12.7 Å². The quantitative estimate of drug-likeness (QED) is 0.721. The Labute approximate surface area is 93.8 Å². The molecule has 1 fully saturated rings. The van der Waals surface area contributed by atoms with E-state index in [2.05, 4.69) is 0 Å². The lowest BCUT2D eigenvalue weighted by Gasteiger charge is -2.31. The van der Waals surface area contributed by atoms with Crippen LogP contribution in [0.3, 0.4) is 0 Å². The molecule has 0 radical (unpaired) electrons. The Morgan fingerprint density at radius 2 is 2.38 bits per heavy atom. The molecule has 4 heteroatoms. The van der Waals surface area contributed by atoms with Crippen molar-refractivity contribution in [2.45, 2.75) is 19.1 Å². The van der Waals surface area contributed by atoms with E-state index in [1.807, 2.05) is 0 Å². The number of methoxy groups -OCH3 is 1. The average Bonchev–Trinajstić information content (AvgIpc) is 2.77. The van der Waals surface area contributed by atoms with Gasteiger partial charge in [-0.15, -0.1) is 0 Å². The van der Waals surface area contributed by atoms with Crippen LogP contribution in [0.25, 0.3) is 0 Å². The Morgan fingerprint density at radius 3 is 3.19 bits per heavy atom. The molecule has 0 N–H and O–H groups in total. The predicted molar refractivity (Wildman–Crippen MR) is 57.7 cm³/mol. The number of ether oxygens (including phenoxy) is 2. The molecular formula is C12H13NO3. The molecule has 0 spiro atoms. The van der Waals surface area contributed by atoms with Crippen LogP contribution in [0.4, 0.5) is 0 Å². The van der Waals surface area contributed by atoms with Crippen molar-refractivity contribution in [3.05, 3.63) is 23.8 Å². The van der Waals surface area contributed by atoms with Crippen molar-refractivity contribution in [1.29, 1.82) is 0 Å². The molecule has 2 heterocycles. The molecule has 0 unspecified atom stereocenters. The zero-order valence-corrected chi connectivity index (χ0v) is 9.10. The van der Waals surface area contributed by atoms with Gasteiger partial charge in [-0.2, -0.15) is 0 Å². The van der Waals surface area contributed by atoms with Crippen LogP contribution in [-0.4, -0.2) is 30.7 Å². The van der Waals surface area contributed by atoms with E-state index in [4.69, 9.17) is 9.47 Å². The number of rotatable bonds is 1. The normalized spacial score (nSPS) is 22.4. The second-order valence-corrected chi connectivity index (χ2v) is 4.08. The number of carbonyl (C=O) groups excluding carboxylic acids is 1. The van der Waals surface area contributed by atoms with E-state index in [9.17, 15) is 4.79 Å². The van der Waals surface area contributed by atoms with Crippen LogP contribution < -0.4 is 9.47 Å². The van der Waals surface area contributed by atoms with Crippen molar-refractivity contribution >= 4 is 5.91 Å². The first-order chi connectivity index (χ1) is 7.79.